The molecule has 4 heteroatoms. The molecule has 0 saturated carbocycles. The smallest absolute Gasteiger partial charge is 0.206 e. The molecule has 0 unspecified atom stereocenters. The summed E-state index contributed by atoms with van der Waals surface area (Å²) in [6.07, 6.45) is 2.86. The van der Waals surface area contributed by atoms with E-state index in [2.05, 4.69) is 14.7 Å². The number of rotatable bonds is 3. The summed E-state index contributed by atoms with van der Waals surface area (Å²) >= 11 is 0. The lowest BCUT2D eigenvalue weighted by atomic mass is 10.3. The molecule has 0 amide bonds. The summed E-state index contributed by atoms with van der Waals surface area (Å²) in [6, 6.07) is 1.56. The molecule has 1 rings (SSSR count). The van der Waals surface area contributed by atoms with Gasteiger partial charge in [-0.3, -0.25) is 4.79 Å². The van der Waals surface area contributed by atoms with Crippen LogP contribution in [0.4, 0.5) is 0 Å². The third-order valence-electron chi connectivity index (χ3n) is 1.14. The van der Waals surface area contributed by atoms with Crippen molar-refractivity contribution in [3.05, 3.63) is 24.3 Å². The van der Waals surface area contributed by atoms with Crippen LogP contribution in [0.25, 0.3) is 0 Å². The summed E-state index contributed by atoms with van der Waals surface area (Å²) in [7, 11) is 1.47. The Morgan fingerprint density at radius 2 is 2.55 bits per heavy atom. The first-order chi connectivity index (χ1) is 5.34. The van der Waals surface area contributed by atoms with E-state index < -0.39 is 0 Å². The van der Waals surface area contributed by atoms with E-state index >= 15 is 0 Å². The predicted octanol–water partition coefficient (Wildman–Crippen LogP) is 0.306. The number of ether oxygens (including phenoxy) is 1. The molecule has 0 aliphatic rings. The van der Waals surface area contributed by atoms with Crippen molar-refractivity contribution in [3.63, 3.8) is 0 Å². The second kappa shape index (κ2) is 3.78. The Hall–Kier alpha value is -1.29. The molecule has 1 heterocycles. The normalized spacial score (nSPS) is 9.55. The number of nitrogens with zero attached hydrogens (tertiary/aromatic N) is 2. The van der Waals surface area contributed by atoms with Crippen LogP contribution in [0.3, 0.4) is 0 Å². The molecule has 0 bridgehead atoms. The summed E-state index contributed by atoms with van der Waals surface area (Å²) < 4.78 is 4.65. The van der Waals surface area contributed by atoms with Crippen molar-refractivity contribution in [1.82, 2.24) is 9.97 Å². The van der Waals surface area contributed by atoms with Gasteiger partial charge in [-0.15, -0.1) is 0 Å². The number of hydrogen-bond acceptors (Lipinski definition) is 4. The number of hydrogen-bond donors (Lipinski definition) is 0. The highest BCUT2D eigenvalue weighted by Crippen LogP contribution is 1.92. The maximum Gasteiger partial charge on any atom is 0.206 e. The minimum Gasteiger partial charge on any atom is -0.376 e. The Bertz CT molecular complexity index is 235. The highest BCUT2D eigenvalue weighted by Gasteiger charge is 2.04. The van der Waals surface area contributed by atoms with Crippen molar-refractivity contribution in [2.24, 2.45) is 0 Å². The zero-order valence-corrected chi connectivity index (χ0v) is 6.15. The van der Waals surface area contributed by atoms with Crippen molar-refractivity contribution in [2.45, 2.75) is 0 Å². The number of Topliss-reactive ketones (excluding diaryl/α,β-unsaturated/α-hetero) is 1. The van der Waals surface area contributed by atoms with E-state index in [4.69, 9.17) is 0 Å². The van der Waals surface area contributed by atoms with E-state index in [9.17, 15) is 4.79 Å². The molecule has 0 atom stereocenters. The highest BCUT2D eigenvalue weighted by atomic mass is 16.5. The van der Waals surface area contributed by atoms with Gasteiger partial charge in [-0.05, 0) is 6.07 Å². The molecule has 0 aromatic carbocycles. The van der Waals surface area contributed by atoms with Crippen LogP contribution in [0.1, 0.15) is 10.5 Å². The van der Waals surface area contributed by atoms with Crippen LogP contribution >= 0.6 is 0 Å². The summed E-state index contributed by atoms with van der Waals surface area (Å²) in [5.74, 6) is -0.130. The molecular formula is C7H8N2O2. The fourth-order valence-electron chi connectivity index (χ4n) is 0.661. The number of aromatic nitrogens is 2. The molecule has 4 nitrogen and oxygen atoms in total. The Labute approximate surface area is 64.2 Å². The van der Waals surface area contributed by atoms with E-state index in [1.807, 2.05) is 0 Å². The summed E-state index contributed by atoms with van der Waals surface area (Å²) in [6.45, 7) is 0.0665. The predicted molar refractivity (Wildman–Crippen MR) is 38.2 cm³/mol. The lowest BCUT2D eigenvalue weighted by Gasteiger charge is -1.95. The Morgan fingerprint density at radius 1 is 1.73 bits per heavy atom. The van der Waals surface area contributed by atoms with Gasteiger partial charge in [-0.2, -0.15) is 0 Å². The largest absolute Gasteiger partial charge is 0.376 e. The molecule has 0 saturated heterocycles. The third-order valence-corrected chi connectivity index (χ3v) is 1.14. The van der Waals surface area contributed by atoms with Gasteiger partial charge < -0.3 is 4.74 Å². The molecular weight excluding hydrogens is 144 g/mol. The average Bonchev–Trinajstić information content (AvgIpc) is 2.07. The molecule has 58 valence electrons. The first-order valence-electron chi connectivity index (χ1n) is 3.12. The molecule has 0 radical (unpaired) electrons. The van der Waals surface area contributed by atoms with Crippen molar-refractivity contribution >= 4 is 5.78 Å². The molecule has 11 heavy (non-hydrogen) atoms. The summed E-state index contributed by atoms with van der Waals surface area (Å²) in [5.41, 5.74) is 0.391. The molecule has 0 spiro atoms. The van der Waals surface area contributed by atoms with Gasteiger partial charge in [0.2, 0.25) is 5.78 Å². The molecule has 0 aliphatic carbocycles. The van der Waals surface area contributed by atoms with Crippen molar-refractivity contribution in [2.75, 3.05) is 13.7 Å². The minimum atomic E-state index is -0.130. The maximum absolute atomic E-state index is 11.0. The number of carbonyl (C=O) groups is 1. The molecule has 1 aromatic rings. The fourth-order valence-corrected chi connectivity index (χ4v) is 0.661. The van der Waals surface area contributed by atoms with E-state index in [0.29, 0.717) is 5.69 Å². The quantitative estimate of drug-likeness (QED) is 0.585. The second-order valence-corrected chi connectivity index (χ2v) is 1.95. The van der Waals surface area contributed by atoms with Gasteiger partial charge in [-0.25, -0.2) is 9.97 Å². The topological polar surface area (TPSA) is 52.1 Å². The van der Waals surface area contributed by atoms with Gasteiger partial charge in [0, 0.05) is 13.3 Å². The van der Waals surface area contributed by atoms with Crippen LogP contribution in [-0.4, -0.2) is 29.5 Å². The zero-order chi connectivity index (χ0) is 8.10. The van der Waals surface area contributed by atoms with E-state index in [1.165, 1.54) is 19.6 Å². The monoisotopic (exact) mass is 152 g/mol. The van der Waals surface area contributed by atoms with Crippen LogP contribution in [0.15, 0.2) is 18.6 Å². The minimum absolute atomic E-state index is 0.0665. The second-order valence-electron chi connectivity index (χ2n) is 1.95. The van der Waals surface area contributed by atoms with Crippen LogP contribution < -0.4 is 0 Å². The number of ketones is 1. The van der Waals surface area contributed by atoms with Crippen molar-refractivity contribution in [1.29, 1.82) is 0 Å². The van der Waals surface area contributed by atoms with E-state index in [-0.39, 0.29) is 12.4 Å². The Balaban J connectivity index is 2.69. The first kappa shape index (κ1) is 7.81. The first-order valence-corrected chi connectivity index (χ1v) is 3.12. The number of carbonyl (C=O) groups excluding carboxylic acids is 1. The lowest BCUT2D eigenvalue weighted by molar-refractivity contribution is 0.0843. The lowest BCUT2D eigenvalue weighted by Crippen LogP contribution is -2.08. The van der Waals surface area contributed by atoms with Crippen molar-refractivity contribution < 1.29 is 9.53 Å². The Morgan fingerprint density at radius 3 is 3.09 bits per heavy atom. The molecule has 0 aliphatic heterocycles. The van der Waals surface area contributed by atoms with Crippen LogP contribution in [0.5, 0.6) is 0 Å². The van der Waals surface area contributed by atoms with Gasteiger partial charge in [0.15, 0.2) is 0 Å². The maximum atomic E-state index is 11.0. The zero-order valence-electron chi connectivity index (χ0n) is 6.15. The Kier molecular flexibility index (Phi) is 2.68. The van der Waals surface area contributed by atoms with Gasteiger partial charge >= 0.3 is 0 Å². The third kappa shape index (κ3) is 2.09. The van der Waals surface area contributed by atoms with Gasteiger partial charge in [-0.1, -0.05) is 0 Å². The van der Waals surface area contributed by atoms with Crippen molar-refractivity contribution in [3.8, 4) is 0 Å². The molecule has 1 aromatic heterocycles. The van der Waals surface area contributed by atoms with Gasteiger partial charge in [0.25, 0.3) is 0 Å². The summed E-state index contributed by atoms with van der Waals surface area (Å²) in [4.78, 5) is 18.5. The van der Waals surface area contributed by atoms with Gasteiger partial charge in [0.1, 0.15) is 18.6 Å². The van der Waals surface area contributed by atoms with E-state index in [1.54, 1.807) is 6.07 Å². The van der Waals surface area contributed by atoms with Crippen LogP contribution in [0, 0.1) is 0 Å². The molecule has 0 fully saturated rings. The fraction of sp³-hybridized carbons (Fsp3) is 0.286. The number of methoxy groups -OCH3 is 1. The van der Waals surface area contributed by atoms with E-state index in [0.717, 1.165) is 0 Å². The summed E-state index contributed by atoms with van der Waals surface area (Å²) in [5, 5.41) is 0. The highest BCUT2D eigenvalue weighted by molar-refractivity contribution is 5.95. The SMILES string of the molecule is COCC(=O)c1ccncn1. The molecule has 0 N–H and O–H groups in total. The van der Waals surface area contributed by atoms with Crippen LogP contribution in [-0.2, 0) is 4.74 Å². The van der Waals surface area contributed by atoms with Crippen LogP contribution in [0.2, 0.25) is 0 Å². The standard InChI is InChI=1S/C7H8N2O2/c1-11-4-7(10)6-2-3-8-5-9-6/h2-3,5H,4H2,1H3. The van der Waals surface area contributed by atoms with Gasteiger partial charge in [0.05, 0.1) is 0 Å². The average molecular weight is 152 g/mol.